The van der Waals surface area contributed by atoms with Gasteiger partial charge in [-0.2, -0.15) is 0 Å². The van der Waals surface area contributed by atoms with Crippen molar-refractivity contribution in [2.75, 3.05) is 0 Å². The Balaban J connectivity index is 0.000000161. The second-order valence-electron chi connectivity index (χ2n) is 23.9. The second-order valence-corrected chi connectivity index (χ2v) is 23.9. The van der Waals surface area contributed by atoms with Crippen LogP contribution >= 0.6 is 0 Å². The monoisotopic (exact) mass is 1960 g/mol. The van der Waals surface area contributed by atoms with Crippen LogP contribution in [0.5, 0.6) is 0 Å². The minimum Gasteiger partial charge on any atom is -0.486 e. The van der Waals surface area contributed by atoms with Crippen molar-refractivity contribution in [1.82, 2.24) is 44.9 Å². The summed E-state index contributed by atoms with van der Waals surface area (Å²) < 4.78 is 162. The van der Waals surface area contributed by atoms with Gasteiger partial charge in [0.15, 0.2) is 0 Å². The average molecular weight is 1960 g/mol. The van der Waals surface area contributed by atoms with E-state index < -0.39 is 47.0 Å². The van der Waals surface area contributed by atoms with Crippen molar-refractivity contribution >= 4 is 66.2 Å². The van der Waals surface area contributed by atoms with E-state index in [4.69, 9.17) is 39.3 Å². The average Bonchev–Trinajstić information content (AvgIpc) is 1.60. The number of fused-ring (bicyclic) bond motifs is 9. The fourth-order valence-corrected chi connectivity index (χ4v) is 11.4. The van der Waals surface area contributed by atoms with Gasteiger partial charge in [-0.05, 0) is 159 Å². The van der Waals surface area contributed by atoms with Gasteiger partial charge in [-0.15, -0.1) is 161 Å². The number of hydrogen-bond donors (Lipinski definition) is 0. The van der Waals surface area contributed by atoms with Gasteiger partial charge < -0.3 is 43.2 Å². The van der Waals surface area contributed by atoms with Crippen molar-refractivity contribution in [2.24, 2.45) is 0 Å². The molecular weight excluding hydrogens is 1870 g/mol. The Morgan fingerprint density at radius 3 is 1.23 bits per heavy atom. The van der Waals surface area contributed by atoms with E-state index in [0.717, 1.165) is 78.5 Å². The summed E-state index contributed by atoms with van der Waals surface area (Å²) >= 11 is 0. The van der Waals surface area contributed by atoms with Gasteiger partial charge in [-0.1, -0.05) is 133 Å². The number of rotatable bonds is 7. The fraction of sp³-hybridized carbons (Fsp3) is 0.129. The summed E-state index contributed by atoms with van der Waals surface area (Å²) in [6.45, 7) is -4.42. The third kappa shape index (κ3) is 18.9. The summed E-state index contributed by atoms with van der Waals surface area (Å²) in [4.78, 5) is 38.7. The summed E-state index contributed by atoms with van der Waals surface area (Å²) in [5.41, 5.74) is 16.4. The van der Waals surface area contributed by atoms with Crippen molar-refractivity contribution in [1.29, 1.82) is 0 Å². The van der Waals surface area contributed by atoms with E-state index in [9.17, 15) is 0 Å². The standard InChI is InChI=1S/C21H19N2O.2C18H13N2O.3C12H10N.3Ir/c1-12(2)15-9-10-22-18(11-15)16-7-5-13(3)19-17-8-6-14(4)23-21(17)24-20(16)19;1-11-10-12(2)20-18-16(11)14-7-5-6-13(17(14)21-18)15-8-3-4-9-19-15;1-11-6-8-13(15-5-3-4-10-19-15)17-16(11)14-9-7-12(2)20-18(14)21-17;3*1-10-7-8-12(13-9-10)11-5-3-2-4-6-11;;;/h5-6,8-12H,1-4H3;3-5,7-10H,1-2H3;3-7,9-10H,1-2H3;3*2-5,7-9H,1H3;;;/q6*-1;;;/i1D3,3D3,12D;;4*1D3;;;. The maximum Gasteiger partial charge on any atom is 0.216 e. The first-order valence-corrected chi connectivity index (χ1v) is 33.0. The van der Waals surface area contributed by atoms with Gasteiger partial charge in [0.25, 0.3) is 0 Å². The van der Waals surface area contributed by atoms with Gasteiger partial charge in [0.05, 0.1) is 16.7 Å². The van der Waals surface area contributed by atoms with Crippen LogP contribution in [0.15, 0.2) is 263 Å². The van der Waals surface area contributed by atoms with Crippen LogP contribution in [0.3, 0.4) is 0 Å². The zero-order valence-electron chi connectivity index (χ0n) is 77.4. The van der Waals surface area contributed by atoms with Gasteiger partial charge in [0.1, 0.15) is 0 Å². The predicted molar refractivity (Wildman–Crippen MR) is 423 cm³/mol. The molecule has 6 aromatic carbocycles. The van der Waals surface area contributed by atoms with E-state index in [1.165, 1.54) is 61.5 Å². The molecule has 12 aromatic heterocycles. The molecule has 0 amide bonds. The molecule has 1 unspecified atom stereocenters. The molecule has 18 rings (SSSR count). The summed E-state index contributed by atoms with van der Waals surface area (Å²) in [7, 11) is 0. The second kappa shape index (κ2) is 37.0. The molecule has 0 saturated heterocycles. The molecule has 12 nitrogen and oxygen atoms in total. The van der Waals surface area contributed by atoms with Crippen molar-refractivity contribution in [3.05, 3.63) is 342 Å². The topological polar surface area (TPSA) is 155 Å². The molecule has 0 aliphatic heterocycles. The molecular formula is C93H75Ir3N9O3-6. The van der Waals surface area contributed by atoms with Crippen LogP contribution in [0.4, 0.5) is 0 Å². The van der Waals surface area contributed by atoms with Crippen molar-refractivity contribution in [3.8, 4) is 67.5 Å². The molecule has 15 heteroatoms. The van der Waals surface area contributed by atoms with E-state index in [-0.39, 0.29) is 99.3 Å². The number of aryl methyl sites for hydroxylation is 9. The molecule has 543 valence electrons. The maximum atomic E-state index is 8.36. The van der Waals surface area contributed by atoms with Gasteiger partial charge in [-0.25, -0.2) is 15.0 Å². The summed E-state index contributed by atoms with van der Waals surface area (Å²) in [6.07, 6.45) is 9.05. The third-order valence-electron chi connectivity index (χ3n) is 16.4. The van der Waals surface area contributed by atoms with Crippen molar-refractivity contribution in [2.45, 2.75) is 81.6 Å². The molecule has 0 saturated carbocycles. The molecule has 0 N–H and O–H groups in total. The molecule has 108 heavy (non-hydrogen) atoms. The van der Waals surface area contributed by atoms with Crippen molar-refractivity contribution in [3.63, 3.8) is 0 Å². The van der Waals surface area contributed by atoms with Gasteiger partial charge in [0, 0.05) is 157 Å². The third-order valence-corrected chi connectivity index (χ3v) is 16.4. The number of hydrogen-bond acceptors (Lipinski definition) is 12. The van der Waals surface area contributed by atoms with Crippen LogP contribution in [0.25, 0.3) is 134 Å². The number of furan rings is 3. The molecule has 18 aromatic rings. The van der Waals surface area contributed by atoms with E-state index in [2.05, 4.69) is 94.2 Å². The normalized spacial score (nSPS) is 14.4. The maximum absolute atomic E-state index is 8.36. The Morgan fingerprint density at radius 1 is 0.352 bits per heavy atom. The molecule has 0 aliphatic carbocycles. The van der Waals surface area contributed by atoms with Gasteiger partial charge in [-0.3, -0.25) is 0 Å². The number of aromatic nitrogens is 9. The smallest absolute Gasteiger partial charge is 0.216 e. The van der Waals surface area contributed by atoms with Crippen LogP contribution in [0, 0.1) is 98.4 Å². The largest absolute Gasteiger partial charge is 0.486 e. The zero-order valence-corrected chi connectivity index (χ0v) is 65.6. The molecule has 3 radical (unpaired) electrons. The number of nitrogens with zero attached hydrogens (tertiary/aromatic N) is 9. The van der Waals surface area contributed by atoms with Crippen LogP contribution < -0.4 is 0 Å². The Kier molecular flexibility index (Phi) is 19.6. The molecule has 0 spiro atoms. The van der Waals surface area contributed by atoms with Gasteiger partial charge >= 0.3 is 0 Å². The van der Waals surface area contributed by atoms with Crippen LogP contribution in [0.2, 0.25) is 0 Å². The number of pyridine rings is 9. The first kappa shape index (κ1) is 57.2. The fourth-order valence-electron chi connectivity index (χ4n) is 11.4. The van der Waals surface area contributed by atoms with E-state index in [1.54, 1.807) is 86.0 Å². The van der Waals surface area contributed by atoms with Crippen LogP contribution in [0.1, 0.15) is 102 Å². The van der Waals surface area contributed by atoms with Crippen LogP contribution in [-0.4, -0.2) is 44.9 Å². The van der Waals surface area contributed by atoms with E-state index >= 15 is 0 Å². The van der Waals surface area contributed by atoms with E-state index in [1.807, 2.05) is 129 Å². The predicted octanol–water partition coefficient (Wildman–Crippen LogP) is 23.1. The minimum atomic E-state index is -2.55. The van der Waals surface area contributed by atoms with Gasteiger partial charge in [0.2, 0.25) is 17.1 Å². The zero-order chi connectivity index (χ0) is 88.8. The number of benzene rings is 6. The molecule has 0 fully saturated rings. The van der Waals surface area contributed by atoms with Crippen LogP contribution in [-0.2, 0) is 60.3 Å². The minimum absolute atomic E-state index is 0. The Hall–Kier alpha value is -11.0. The Morgan fingerprint density at radius 2 is 0.806 bits per heavy atom. The molecule has 0 bridgehead atoms. The first-order valence-electron chi connectivity index (χ1n) is 42.5. The van der Waals surface area contributed by atoms with Crippen molar-refractivity contribution < 1.29 is 99.6 Å². The Labute approximate surface area is 697 Å². The molecule has 12 heterocycles. The first-order chi connectivity index (χ1) is 58.7. The summed E-state index contributed by atoms with van der Waals surface area (Å²) in [5, 5.41) is 4.33. The summed E-state index contributed by atoms with van der Waals surface area (Å²) in [5.74, 6) is -1.85. The molecule has 0 aliphatic rings. The van der Waals surface area contributed by atoms with E-state index in [0.29, 0.717) is 66.8 Å². The Bertz CT molecular complexity index is 6550. The quantitative estimate of drug-likeness (QED) is 0.139. The SMILES string of the molecule is Cc1cc(C)c2c(n1)oc1c(-c3ccccn3)[c-]ccc12.[2H]C([2H])([2H])c1c[c-]c(-c2cc(C([2H])(C)C([2H])([2H])[2H])ccn2)c2oc3nc(C)ccc3c12.[2H]C([2H])([2H])c1c[c-]c(-c2ccccn2)c2oc3nc(C)ccc3c12.[2H]C([2H])([2H])c1ccc(-c2[c-]cccc2)nc1.[2H]C([2H])([2H])c1ccc(-c2[c-]cccc2)nc1.[2H]C([2H])([2H])c1ccc(-c2[c-]cccc2)nc1.[Ir].[Ir].[Ir]. The molecule has 1 atom stereocenters. The summed E-state index contributed by atoms with van der Waals surface area (Å²) in [6, 6.07) is 81.0.